The van der Waals surface area contributed by atoms with Gasteiger partial charge in [0.25, 0.3) is 0 Å². The number of aliphatic hydroxyl groups excluding tert-OH is 1. The maximum atomic E-state index is 12.0. The Bertz CT molecular complexity index is 479. The van der Waals surface area contributed by atoms with E-state index in [0.717, 1.165) is 29.7 Å². The summed E-state index contributed by atoms with van der Waals surface area (Å²) in [4.78, 5) is 12.0. The molecule has 122 valence electrons. The van der Waals surface area contributed by atoms with Crippen LogP contribution in [0.4, 0.5) is 4.79 Å². The second-order valence-corrected chi connectivity index (χ2v) is 7.32. The van der Waals surface area contributed by atoms with E-state index in [2.05, 4.69) is 17.6 Å². The van der Waals surface area contributed by atoms with Gasteiger partial charge in [0.1, 0.15) is 0 Å². The van der Waals surface area contributed by atoms with Gasteiger partial charge >= 0.3 is 6.03 Å². The van der Waals surface area contributed by atoms with Crippen molar-refractivity contribution in [1.29, 1.82) is 0 Å². The summed E-state index contributed by atoms with van der Waals surface area (Å²) in [7, 11) is 0. The zero-order chi connectivity index (χ0) is 15.8. The van der Waals surface area contributed by atoms with E-state index >= 15 is 0 Å². The third-order valence-corrected chi connectivity index (χ3v) is 5.22. The molecule has 5 heteroatoms. The molecule has 2 atom stereocenters. The number of nitrogens with one attached hydrogen (secondary N) is 2. The number of carbonyl (C=O) groups is 1. The molecule has 0 aliphatic heterocycles. The monoisotopic (exact) mass is 322 g/mol. The molecule has 0 aromatic heterocycles. The lowest BCUT2D eigenvalue weighted by Crippen LogP contribution is -2.44. The predicted octanol–water partition coefficient (Wildman–Crippen LogP) is 3.04. The first kappa shape index (κ1) is 17.2. The summed E-state index contributed by atoms with van der Waals surface area (Å²) in [5.41, 5.74) is 1.87. The van der Waals surface area contributed by atoms with Crippen LogP contribution in [0.2, 0.25) is 0 Å². The van der Waals surface area contributed by atoms with Crippen LogP contribution in [0.3, 0.4) is 0 Å². The number of carbonyl (C=O) groups excluding carboxylic acids is 1. The van der Waals surface area contributed by atoms with Crippen LogP contribution in [0.15, 0.2) is 24.3 Å². The molecule has 1 aromatic rings. The van der Waals surface area contributed by atoms with Crippen molar-refractivity contribution < 1.29 is 9.90 Å². The van der Waals surface area contributed by atoms with E-state index in [-0.39, 0.29) is 12.6 Å². The smallest absolute Gasteiger partial charge is 0.315 e. The molecule has 0 spiro atoms. The maximum absolute atomic E-state index is 12.0. The van der Waals surface area contributed by atoms with E-state index in [4.69, 9.17) is 5.11 Å². The van der Waals surface area contributed by atoms with Crippen molar-refractivity contribution in [2.24, 2.45) is 0 Å². The third-order valence-electron chi connectivity index (χ3n) is 3.99. The zero-order valence-corrected chi connectivity index (χ0v) is 14.0. The van der Waals surface area contributed by atoms with Crippen molar-refractivity contribution >= 4 is 17.8 Å². The molecule has 0 unspecified atom stereocenters. The number of hydrogen-bond donors (Lipinski definition) is 3. The fraction of sp³-hybridized carbons (Fsp3) is 0.588. The van der Waals surface area contributed by atoms with Gasteiger partial charge < -0.3 is 15.7 Å². The molecule has 0 heterocycles. The first-order chi connectivity index (χ1) is 10.7. The van der Waals surface area contributed by atoms with Gasteiger partial charge in [-0.1, -0.05) is 37.6 Å². The fourth-order valence-electron chi connectivity index (χ4n) is 2.92. The minimum absolute atomic E-state index is 0.0264. The molecule has 4 nitrogen and oxygen atoms in total. The molecule has 22 heavy (non-hydrogen) atoms. The number of aliphatic hydroxyl groups is 1. The van der Waals surface area contributed by atoms with Crippen molar-refractivity contribution in [3.05, 3.63) is 35.4 Å². The highest BCUT2D eigenvalue weighted by Gasteiger charge is 2.22. The van der Waals surface area contributed by atoms with Gasteiger partial charge in [0, 0.05) is 17.8 Å². The summed E-state index contributed by atoms with van der Waals surface area (Å²) in [5, 5.41) is 15.8. The highest BCUT2D eigenvalue weighted by molar-refractivity contribution is 7.99. The summed E-state index contributed by atoms with van der Waals surface area (Å²) >= 11 is 2.00. The van der Waals surface area contributed by atoms with Gasteiger partial charge in [-0.05, 0) is 36.1 Å². The Morgan fingerprint density at radius 3 is 2.95 bits per heavy atom. The highest BCUT2D eigenvalue weighted by atomic mass is 32.2. The van der Waals surface area contributed by atoms with Crippen LogP contribution in [-0.4, -0.2) is 28.2 Å². The van der Waals surface area contributed by atoms with Crippen LogP contribution in [0.5, 0.6) is 0 Å². The van der Waals surface area contributed by atoms with Gasteiger partial charge in [-0.15, -0.1) is 0 Å². The van der Waals surface area contributed by atoms with E-state index in [1.165, 1.54) is 12.8 Å². The molecule has 2 rings (SSSR count). The number of rotatable bonds is 6. The molecule has 1 saturated carbocycles. The Balaban J connectivity index is 1.75. The zero-order valence-electron chi connectivity index (χ0n) is 13.2. The summed E-state index contributed by atoms with van der Waals surface area (Å²) < 4.78 is 0. The number of amides is 2. The molecule has 0 radical (unpaired) electrons. The van der Waals surface area contributed by atoms with E-state index in [1.807, 2.05) is 36.0 Å². The first-order valence-electron chi connectivity index (χ1n) is 8.06. The summed E-state index contributed by atoms with van der Waals surface area (Å²) in [6.45, 7) is 2.70. The summed E-state index contributed by atoms with van der Waals surface area (Å²) in [5.74, 6) is 1.14. The average molecular weight is 322 g/mol. The molecule has 1 aromatic carbocycles. The summed E-state index contributed by atoms with van der Waals surface area (Å²) in [6.07, 6.45) is 4.62. The molecule has 1 fully saturated rings. The minimum Gasteiger partial charge on any atom is -0.392 e. The Morgan fingerprint density at radius 2 is 2.18 bits per heavy atom. The number of urea groups is 1. The van der Waals surface area contributed by atoms with Crippen molar-refractivity contribution in [3.8, 4) is 0 Å². The van der Waals surface area contributed by atoms with Crippen LogP contribution in [0, 0.1) is 0 Å². The molecule has 0 saturated heterocycles. The van der Waals surface area contributed by atoms with Gasteiger partial charge in [-0.3, -0.25) is 0 Å². The molecule has 2 amide bonds. The lowest BCUT2D eigenvalue weighted by Gasteiger charge is -2.29. The Morgan fingerprint density at radius 1 is 1.36 bits per heavy atom. The minimum atomic E-state index is -0.0958. The lowest BCUT2D eigenvalue weighted by molar-refractivity contribution is 0.232. The number of thioether (sulfide) groups is 1. The summed E-state index contributed by atoms with van der Waals surface area (Å²) in [6, 6.07) is 7.83. The molecule has 3 N–H and O–H groups in total. The maximum Gasteiger partial charge on any atom is 0.315 e. The highest BCUT2D eigenvalue weighted by Crippen LogP contribution is 2.28. The van der Waals surface area contributed by atoms with E-state index in [1.54, 1.807) is 0 Å². The van der Waals surface area contributed by atoms with E-state index in [0.29, 0.717) is 17.8 Å². The molecule has 1 aliphatic carbocycles. The average Bonchev–Trinajstić information content (AvgIpc) is 2.54. The number of benzene rings is 1. The van der Waals surface area contributed by atoms with Gasteiger partial charge in [-0.2, -0.15) is 11.8 Å². The van der Waals surface area contributed by atoms with Gasteiger partial charge in [0.05, 0.1) is 6.61 Å². The van der Waals surface area contributed by atoms with Crippen molar-refractivity contribution in [3.63, 3.8) is 0 Å². The fourth-order valence-corrected chi connectivity index (χ4v) is 4.09. The van der Waals surface area contributed by atoms with Gasteiger partial charge in [-0.25, -0.2) is 4.79 Å². The predicted molar refractivity (Wildman–Crippen MR) is 91.9 cm³/mol. The molecule has 1 aliphatic rings. The van der Waals surface area contributed by atoms with Crippen LogP contribution in [-0.2, 0) is 13.2 Å². The third kappa shape index (κ3) is 5.54. The van der Waals surface area contributed by atoms with Crippen LogP contribution >= 0.6 is 11.8 Å². The quantitative estimate of drug-likeness (QED) is 0.754. The second-order valence-electron chi connectivity index (χ2n) is 5.75. The molecular formula is C17H26N2O2S. The molecule has 0 bridgehead atoms. The van der Waals surface area contributed by atoms with Crippen molar-refractivity contribution in [2.45, 2.75) is 57.1 Å². The van der Waals surface area contributed by atoms with Crippen molar-refractivity contribution in [2.75, 3.05) is 5.75 Å². The van der Waals surface area contributed by atoms with Crippen LogP contribution in [0.25, 0.3) is 0 Å². The topological polar surface area (TPSA) is 61.4 Å². The van der Waals surface area contributed by atoms with E-state index in [9.17, 15) is 4.79 Å². The van der Waals surface area contributed by atoms with E-state index < -0.39 is 0 Å². The van der Waals surface area contributed by atoms with Crippen LogP contribution < -0.4 is 10.6 Å². The lowest BCUT2D eigenvalue weighted by atomic mass is 9.95. The van der Waals surface area contributed by atoms with Crippen molar-refractivity contribution in [1.82, 2.24) is 10.6 Å². The van der Waals surface area contributed by atoms with Gasteiger partial charge in [0.2, 0.25) is 0 Å². The van der Waals surface area contributed by atoms with Gasteiger partial charge in [0.15, 0.2) is 0 Å². The first-order valence-corrected chi connectivity index (χ1v) is 9.10. The largest absolute Gasteiger partial charge is 0.392 e. The number of hydrogen-bond acceptors (Lipinski definition) is 3. The molecular weight excluding hydrogens is 296 g/mol. The second kappa shape index (κ2) is 9.06. The Labute approximate surface area is 137 Å². The SMILES string of the molecule is CCS[C@H]1CCC[C@H](NC(=O)NCc2cccc(CO)c2)C1. The normalized spacial score (nSPS) is 21.4. The Kier molecular flexibility index (Phi) is 7.06. The van der Waals surface area contributed by atoms with Crippen LogP contribution in [0.1, 0.15) is 43.7 Å². The standard InChI is InChI=1S/C17H26N2O2S/c1-2-22-16-8-4-7-15(10-16)19-17(21)18-11-13-5-3-6-14(9-13)12-20/h3,5-6,9,15-16,20H,2,4,7-8,10-12H2,1H3,(H2,18,19,21)/t15-,16-/m0/s1. The Hall–Kier alpha value is -1.20.